The second-order valence-electron chi connectivity index (χ2n) is 5.47. The van der Waals surface area contributed by atoms with E-state index in [4.69, 9.17) is 4.74 Å². The predicted octanol–water partition coefficient (Wildman–Crippen LogP) is 2.08. The number of non-ortho nitro benzene ring substituents is 1. The van der Waals surface area contributed by atoms with Crippen molar-refractivity contribution in [3.63, 3.8) is 0 Å². The number of sulfone groups is 1. The van der Waals surface area contributed by atoms with Crippen molar-refractivity contribution in [3.8, 4) is 5.75 Å². The molecule has 0 aliphatic carbocycles. The van der Waals surface area contributed by atoms with Crippen LogP contribution in [0, 0.1) is 10.1 Å². The smallest absolute Gasteiger partial charge is 0.269 e. The van der Waals surface area contributed by atoms with Crippen molar-refractivity contribution >= 4 is 21.4 Å². The highest BCUT2D eigenvalue weighted by atomic mass is 32.2. The number of rotatable bonds is 7. The number of ether oxygens (including phenoxy) is 1. The zero-order valence-electron chi connectivity index (χ0n) is 14.2. The minimum Gasteiger partial charge on any atom is -0.496 e. The molecule has 0 saturated heterocycles. The van der Waals surface area contributed by atoms with Gasteiger partial charge in [0, 0.05) is 24.2 Å². The first-order valence-corrected chi connectivity index (χ1v) is 9.20. The Kier molecular flexibility index (Phi) is 5.93. The average Bonchev–Trinajstić information content (AvgIpc) is 2.65. The van der Waals surface area contributed by atoms with Crippen LogP contribution in [0.1, 0.15) is 12.5 Å². The molecule has 2 rings (SSSR count). The zero-order chi connectivity index (χ0) is 19.3. The van der Waals surface area contributed by atoms with E-state index >= 15 is 0 Å². The summed E-state index contributed by atoms with van der Waals surface area (Å²) in [6.45, 7) is 1.39. The summed E-state index contributed by atoms with van der Waals surface area (Å²) in [7, 11) is -2.46. The highest BCUT2D eigenvalue weighted by Gasteiger charge is 2.30. The lowest BCUT2D eigenvalue weighted by Crippen LogP contribution is -2.37. The van der Waals surface area contributed by atoms with Crippen molar-refractivity contribution in [3.05, 3.63) is 64.2 Å². The maximum Gasteiger partial charge on any atom is 0.269 e. The van der Waals surface area contributed by atoms with Crippen molar-refractivity contribution in [2.45, 2.75) is 23.6 Å². The number of nitro groups is 1. The van der Waals surface area contributed by atoms with Gasteiger partial charge in [-0.25, -0.2) is 8.42 Å². The molecular formula is C17H18N2O6S. The lowest BCUT2D eigenvalue weighted by atomic mass is 10.2. The maximum absolute atomic E-state index is 12.5. The van der Waals surface area contributed by atoms with Gasteiger partial charge in [0.1, 0.15) is 11.0 Å². The van der Waals surface area contributed by atoms with Gasteiger partial charge in [-0.05, 0) is 25.1 Å². The summed E-state index contributed by atoms with van der Waals surface area (Å²) >= 11 is 0. The number of nitro benzene ring substituents is 1. The molecule has 2 aromatic carbocycles. The highest BCUT2D eigenvalue weighted by molar-refractivity contribution is 7.92. The van der Waals surface area contributed by atoms with E-state index in [2.05, 4.69) is 5.32 Å². The average molecular weight is 378 g/mol. The molecule has 1 N–H and O–H groups in total. The maximum atomic E-state index is 12.5. The van der Waals surface area contributed by atoms with Gasteiger partial charge < -0.3 is 10.1 Å². The molecule has 0 unspecified atom stereocenters. The molecule has 9 heteroatoms. The summed E-state index contributed by atoms with van der Waals surface area (Å²) in [5.41, 5.74) is 0.487. The number of nitrogens with zero attached hydrogens (tertiary/aromatic N) is 1. The number of methoxy groups -OCH3 is 1. The normalized spacial score (nSPS) is 12.2. The number of hydrogen-bond donors (Lipinski definition) is 1. The molecule has 0 spiro atoms. The molecule has 26 heavy (non-hydrogen) atoms. The van der Waals surface area contributed by atoms with Crippen LogP contribution in [-0.4, -0.2) is 31.6 Å². The summed E-state index contributed by atoms with van der Waals surface area (Å²) in [6.07, 6.45) is 0. The van der Waals surface area contributed by atoms with Gasteiger partial charge >= 0.3 is 0 Å². The lowest BCUT2D eigenvalue weighted by molar-refractivity contribution is -0.384. The van der Waals surface area contributed by atoms with Crippen LogP contribution in [0.15, 0.2) is 53.4 Å². The summed E-state index contributed by atoms with van der Waals surface area (Å²) in [4.78, 5) is 22.2. The van der Waals surface area contributed by atoms with Crippen molar-refractivity contribution in [1.29, 1.82) is 0 Å². The number of para-hydroxylation sites is 1. The lowest BCUT2D eigenvalue weighted by Gasteiger charge is -2.14. The Labute approximate surface area is 150 Å². The van der Waals surface area contributed by atoms with Gasteiger partial charge in [-0.15, -0.1) is 0 Å². The van der Waals surface area contributed by atoms with Gasteiger partial charge in [-0.2, -0.15) is 0 Å². The predicted molar refractivity (Wildman–Crippen MR) is 94.6 cm³/mol. The van der Waals surface area contributed by atoms with Crippen LogP contribution in [-0.2, 0) is 21.2 Å². The Balaban J connectivity index is 2.12. The minimum absolute atomic E-state index is 0.114. The second kappa shape index (κ2) is 7.96. The fourth-order valence-electron chi connectivity index (χ4n) is 2.28. The Morgan fingerprint density at radius 3 is 2.38 bits per heavy atom. The monoisotopic (exact) mass is 378 g/mol. The first-order chi connectivity index (χ1) is 12.3. The molecule has 2 aromatic rings. The molecule has 0 aliphatic rings. The van der Waals surface area contributed by atoms with E-state index < -0.39 is 25.9 Å². The fourth-order valence-corrected chi connectivity index (χ4v) is 3.57. The van der Waals surface area contributed by atoms with Crippen LogP contribution in [0.5, 0.6) is 5.75 Å². The standard InChI is InChI=1S/C17H18N2O6S/c1-12(17(20)18-11-13-5-3-4-6-16(13)25-2)26(23,24)15-9-7-14(8-10-15)19(21)22/h3-10,12H,11H2,1-2H3,(H,18,20)/t12-/m1/s1. The fraction of sp³-hybridized carbons (Fsp3) is 0.235. The molecule has 0 aromatic heterocycles. The van der Waals surface area contributed by atoms with Gasteiger partial charge in [0.15, 0.2) is 9.84 Å². The van der Waals surface area contributed by atoms with Crippen molar-refractivity contribution in [2.24, 2.45) is 0 Å². The molecular weight excluding hydrogens is 360 g/mol. The van der Waals surface area contributed by atoms with Crippen molar-refractivity contribution in [1.82, 2.24) is 5.32 Å². The molecule has 0 bridgehead atoms. The topological polar surface area (TPSA) is 116 Å². The van der Waals surface area contributed by atoms with Crippen LogP contribution in [0.25, 0.3) is 0 Å². The second-order valence-corrected chi connectivity index (χ2v) is 7.74. The number of hydrogen-bond acceptors (Lipinski definition) is 6. The van der Waals surface area contributed by atoms with E-state index in [1.165, 1.54) is 14.0 Å². The van der Waals surface area contributed by atoms with Crippen LogP contribution in [0.4, 0.5) is 5.69 Å². The molecule has 0 fully saturated rings. The Hall–Kier alpha value is -2.94. The van der Waals surface area contributed by atoms with E-state index in [1.807, 2.05) is 0 Å². The van der Waals surface area contributed by atoms with E-state index in [9.17, 15) is 23.3 Å². The largest absolute Gasteiger partial charge is 0.496 e. The first-order valence-electron chi connectivity index (χ1n) is 7.65. The van der Waals surface area contributed by atoms with Gasteiger partial charge in [0.05, 0.1) is 16.9 Å². The SMILES string of the molecule is COc1ccccc1CNC(=O)[C@@H](C)S(=O)(=O)c1ccc([N+](=O)[O-])cc1. The van der Waals surface area contributed by atoms with Crippen LogP contribution >= 0.6 is 0 Å². The van der Waals surface area contributed by atoms with Gasteiger partial charge in [-0.3, -0.25) is 14.9 Å². The first kappa shape index (κ1) is 19.4. The van der Waals surface area contributed by atoms with E-state index in [0.717, 1.165) is 24.3 Å². The Bertz CT molecular complexity index is 909. The van der Waals surface area contributed by atoms with Gasteiger partial charge in [0.2, 0.25) is 5.91 Å². The van der Waals surface area contributed by atoms with E-state index in [-0.39, 0.29) is 17.1 Å². The quantitative estimate of drug-likeness (QED) is 0.582. The van der Waals surface area contributed by atoms with Gasteiger partial charge in [0.25, 0.3) is 5.69 Å². The number of nitrogens with one attached hydrogen (secondary N) is 1. The number of amides is 1. The highest BCUT2D eigenvalue weighted by Crippen LogP contribution is 2.21. The third kappa shape index (κ3) is 4.17. The third-order valence-corrected chi connectivity index (χ3v) is 5.93. The summed E-state index contributed by atoms with van der Waals surface area (Å²) < 4.78 is 30.2. The molecule has 8 nitrogen and oxygen atoms in total. The van der Waals surface area contributed by atoms with Crippen LogP contribution < -0.4 is 10.1 Å². The summed E-state index contributed by atoms with van der Waals surface area (Å²) in [5, 5.41) is 11.9. The third-order valence-electron chi connectivity index (χ3n) is 3.86. The molecule has 1 amide bonds. The minimum atomic E-state index is -3.97. The molecule has 0 radical (unpaired) electrons. The summed E-state index contributed by atoms with van der Waals surface area (Å²) in [5.74, 6) is -0.0899. The van der Waals surface area contributed by atoms with E-state index in [0.29, 0.717) is 11.3 Å². The van der Waals surface area contributed by atoms with E-state index in [1.54, 1.807) is 24.3 Å². The van der Waals surface area contributed by atoms with Crippen molar-refractivity contribution < 1.29 is 22.9 Å². The summed E-state index contributed by atoms with van der Waals surface area (Å²) in [6, 6.07) is 11.5. The number of carbonyl (C=O) groups excluding carboxylic acids is 1. The zero-order valence-corrected chi connectivity index (χ0v) is 15.0. The number of benzene rings is 2. The molecule has 0 aliphatic heterocycles. The van der Waals surface area contributed by atoms with Crippen molar-refractivity contribution in [2.75, 3.05) is 7.11 Å². The van der Waals surface area contributed by atoms with Crippen LogP contribution in [0.2, 0.25) is 0 Å². The molecule has 0 heterocycles. The van der Waals surface area contributed by atoms with Crippen LogP contribution in [0.3, 0.4) is 0 Å². The molecule has 1 atom stereocenters. The molecule has 0 saturated carbocycles. The molecule has 138 valence electrons. The van der Waals surface area contributed by atoms with Gasteiger partial charge in [-0.1, -0.05) is 18.2 Å². The number of carbonyl (C=O) groups is 1. The Morgan fingerprint density at radius 1 is 1.19 bits per heavy atom. The Morgan fingerprint density at radius 2 is 1.81 bits per heavy atom.